The van der Waals surface area contributed by atoms with Gasteiger partial charge in [0.15, 0.2) is 5.60 Å². The van der Waals surface area contributed by atoms with Crippen molar-refractivity contribution in [2.75, 3.05) is 21.2 Å². The highest BCUT2D eigenvalue weighted by atomic mass is 16.7. The first-order valence-electron chi connectivity index (χ1n) is 13.5. The van der Waals surface area contributed by atoms with E-state index in [0.717, 1.165) is 12.7 Å². The van der Waals surface area contributed by atoms with Crippen LogP contribution in [-0.2, 0) is 39.6 Å². The Morgan fingerprint density at radius 1 is 1.07 bits per heavy atom. The molecule has 14 heteroatoms. The lowest BCUT2D eigenvalue weighted by Gasteiger charge is -2.27. The summed E-state index contributed by atoms with van der Waals surface area (Å²) in [6.45, 7) is 3.81. The van der Waals surface area contributed by atoms with Crippen molar-refractivity contribution in [1.29, 1.82) is 0 Å². The molecule has 13 nitrogen and oxygen atoms in total. The summed E-state index contributed by atoms with van der Waals surface area (Å²) in [5.74, 6) is -4.15. The third kappa shape index (κ3) is 8.59. The van der Waals surface area contributed by atoms with Gasteiger partial charge in [-0.15, -0.1) is 0 Å². The number of rotatable bonds is 13. The van der Waals surface area contributed by atoms with Crippen molar-refractivity contribution in [1.82, 2.24) is 25.5 Å². The molecule has 2 heterocycles. The Bertz CT molecular complexity index is 1260. The number of aromatic nitrogens is 2. The quantitative estimate of drug-likeness (QED) is 0.254. The first-order valence-corrected chi connectivity index (χ1v) is 13.5. The Morgan fingerprint density at radius 2 is 1.79 bits per heavy atom. The zero-order valence-electron chi connectivity index (χ0n) is 24.4. The maximum absolute atomic E-state index is 13.7. The van der Waals surface area contributed by atoms with Crippen LogP contribution in [0.25, 0.3) is 0 Å². The van der Waals surface area contributed by atoms with Crippen LogP contribution in [0, 0.1) is 5.92 Å². The number of nitrogens with zero attached hydrogens (tertiary/aromatic N) is 3. The lowest BCUT2D eigenvalue weighted by atomic mass is 9.73. The van der Waals surface area contributed by atoms with Crippen LogP contribution < -0.4 is 10.6 Å². The number of carbonyl (C=O) groups excluding carboxylic acids is 5. The fraction of sp³-hybridized carbons (Fsp3) is 0.464. The Morgan fingerprint density at radius 3 is 2.38 bits per heavy atom. The highest BCUT2D eigenvalue weighted by Gasteiger charge is 2.58. The Kier molecular flexibility index (Phi) is 11.1. The van der Waals surface area contributed by atoms with Gasteiger partial charge in [-0.1, -0.05) is 44.2 Å². The second-order valence-corrected chi connectivity index (χ2v) is 10.7. The van der Waals surface area contributed by atoms with Gasteiger partial charge < -0.3 is 29.6 Å². The Hall–Kier alpha value is -4.33. The van der Waals surface area contributed by atoms with E-state index in [2.05, 4.69) is 20.6 Å². The second-order valence-electron chi connectivity index (χ2n) is 10.7. The molecule has 1 aromatic heterocycles. The number of ether oxygens (including phenoxy) is 1. The highest BCUT2D eigenvalue weighted by Crippen LogP contribution is 2.33. The lowest BCUT2D eigenvalue weighted by molar-refractivity contribution is -0.157. The van der Waals surface area contributed by atoms with Gasteiger partial charge in [0.1, 0.15) is 11.7 Å². The van der Waals surface area contributed by atoms with Gasteiger partial charge in [0.25, 0.3) is 5.91 Å². The van der Waals surface area contributed by atoms with E-state index in [4.69, 9.17) is 14.0 Å². The zero-order chi connectivity index (χ0) is 30.9. The van der Waals surface area contributed by atoms with Crippen LogP contribution in [0.4, 0.5) is 0 Å². The van der Waals surface area contributed by atoms with Crippen molar-refractivity contribution in [3.8, 4) is 0 Å². The maximum atomic E-state index is 13.7. The number of carbonyl (C=O) groups is 5. The van der Waals surface area contributed by atoms with E-state index in [9.17, 15) is 24.0 Å². The van der Waals surface area contributed by atoms with Crippen LogP contribution in [0.15, 0.2) is 48.9 Å². The van der Waals surface area contributed by atoms with E-state index >= 15 is 0 Å². The lowest BCUT2D eigenvalue weighted by Crippen LogP contribution is -2.56. The van der Waals surface area contributed by atoms with E-state index in [0.29, 0.717) is 6.42 Å². The maximum Gasteiger partial charge on any atom is 0.552 e. The molecule has 2 aromatic rings. The Labute approximate surface area is 244 Å². The largest absolute Gasteiger partial charge is 0.552 e. The van der Waals surface area contributed by atoms with Gasteiger partial charge in [0.05, 0.1) is 32.1 Å². The van der Waals surface area contributed by atoms with E-state index in [1.807, 2.05) is 44.2 Å². The predicted molar refractivity (Wildman–Crippen MR) is 150 cm³/mol. The average molecular weight is 581 g/mol. The molecule has 1 aromatic carbocycles. The van der Waals surface area contributed by atoms with Gasteiger partial charge in [0, 0.05) is 32.9 Å². The molecule has 3 amide bonds. The summed E-state index contributed by atoms with van der Waals surface area (Å²) in [6.07, 6.45) is 3.54. The van der Waals surface area contributed by atoms with Crippen molar-refractivity contribution < 1.29 is 38.0 Å². The van der Waals surface area contributed by atoms with Gasteiger partial charge in [0.2, 0.25) is 11.8 Å². The first-order chi connectivity index (χ1) is 19.9. The number of hydrogen-bond donors (Lipinski definition) is 2. The molecule has 0 saturated carbocycles. The monoisotopic (exact) mass is 581 g/mol. The van der Waals surface area contributed by atoms with Gasteiger partial charge in [-0.05, 0) is 17.9 Å². The second kappa shape index (κ2) is 14.5. The molecule has 1 saturated heterocycles. The van der Waals surface area contributed by atoms with Gasteiger partial charge >= 0.3 is 19.1 Å². The molecule has 0 aliphatic carbocycles. The highest BCUT2D eigenvalue weighted by molar-refractivity contribution is 6.51. The molecule has 0 unspecified atom stereocenters. The van der Waals surface area contributed by atoms with Crippen LogP contribution >= 0.6 is 0 Å². The van der Waals surface area contributed by atoms with Crippen molar-refractivity contribution in [2.45, 2.75) is 57.1 Å². The molecular formula is C28H36BN5O8. The molecular weight excluding hydrogens is 545 g/mol. The number of esters is 1. The van der Waals surface area contributed by atoms with E-state index in [1.165, 1.54) is 37.6 Å². The Balaban J connectivity index is 1.87. The summed E-state index contributed by atoms with van der Waals surface area (Å²) in [6, 6.07) is 8.08. The molecule has 0 spiro atoms. The molecule has 1 aliphatic heterocycles. The summed E-state index contributed by atoms with van der Waals surface area (Å²) in [7, 11) is 2.87. The van der Waals surface area contributed by atoms with Crippen molar-refractivity contribution in [3.05, 3.63) is 60.2 Å². The number of benzene rings is 1. The molecule has 0 radical (unpaired) electrons. The van der Waals surface area contributed by atoms with Gasteiger partial charge in [-0.3, -0.25) is 29.0 Å². The third-order valence-electron chi connectivity index (χ3n) is 6.61. The van der Waals surface area contributed by atoms with Crippen molar-refractivity contribution in [3.63, 3.8) is 0 Å². The standard InChI is InChI=1S/C28H36BN5O8/c1-18(2)13-22(29-41-27(39)28(42-29,16-24(36)40-5)15-23(35)34(3)4)33-25(37)20(14-19-9-7-6-8-10-19)32-26(38)21-17-30-11-12-31-21/h6-12,17-18,20,22H,13-16H2,1-5H3,(H,32,38)(H,33,37)/t20-,22-,28+/m0/s1. The average Bonchev–Trinajstić information content (AvgIpc) is 3.27. The topological polar surface area (TPSA) is 166 Å². The van der Waals surface area contributed by atoms with E-state index in [-0.39, 0.29) is 18.0 Å². The van der Waals surface area contributed by atoms with Crippen molar-refractivity contribution >= 4 is 36.8 Å². The molecule has 1 aliphatic rings. The van der Waals surface area contributed by atoms with Gasteiger partial charge in [-0.25, -0.2) is 4.98 Å². The first kappa shape index (κ1) is 32.2. The molecule has 3 atom stereocenters. The number of nitrogens with one attached hydrogen (secondary N) is 2. The normalized spacial score (nSPS) is 17.7. The van der Waals surface area contributed by atoms with Crippen molar-refractivity contribution in [2.24, 2.45) is 5.92 Å². The molecule has 0 bridgehead atoms. The van der Waals surface area contributed by atoms with E-state index < -0.39 is 67.2 Å². The van der Waals surface area contributed by atoms with Crippen LogP contribution in [0.1, 0.15) is 49.2 Å². The molecule has 2 N–H and O–H groups in total. The summed E-state index contributed by atoms with van der Waals surface area (Å²) >= 11 is 0. The summed E-state index contributed by atoms with van der Waals surface area (Å²) in [5, 5.41) is 5.58. The smallest absolute Gasteiger partial charge is 0.506 e. The predicted octanol–water partition coefficient (Wildman–Crippen LogP) is 0.730. The minimum Gasteiger partial charge on any atom is -0.506 e. The third-order valence-corrected chi connectivity index (χ3v) is 6.61. The van der Waals surface area contributed by atoms with Gasteiger partial charge in [-0.2, -0.15) is 0 Å². The summed E-state index contributed by atoms with van der Waals surface area (Å²) in [4.78, 5) is 73.8. The van der Waals surface area contributed by atoms with Crippen LogP contribution in [0.2, 0.25) is 0 Å². The molecule has 3 rings (SSSR count). The summed E-state index contributed by atoms with van der Waals surface area (Å²) in [5.41, 5.74) is -1.10. The fourth-order valence-corrected chi connectivity index (χ4v) is 4.41. The van der Waals surface area contributed by atoms with Crippen LogP contribution in [-0.4, -0.2) is 90.4 Å². The minimum atomic E-state index is -1.93. The molecule has 1 fully saturated rings. The minimum absolute atomic E-state index is 0.0124. The number of amides is 3. The van der Waals surface area contributed by atoms with Crippen LogP contribution in [0.3, 0.4) is 0 Å². The summed E-state index contributed by atoms with van der Waals surface area (Å²) < 4.78 is 16.3. The molecule has 224 valence electrons. The number of hydrogen-bond acceptors (Lipinski definition) is 10. The van der Waals surface area contributed by atoms with E-state index in [1.54, 1.807) is 0 Å². The SMILES string of the molecule is COC(=O)C[C@@]1(CC(=O)N(C)C)OB([C@H](CC(C)C)NC(=O)[C@H](Cc2ccccc2)NC(=O)c2cnccn2)OC1=O. The number of methoxy groups -OCH3 is 1. The molecule has 42 heavy (non-hydrogen) atoms. The zero-order valence-corrected chi connectivity index (χ0v) is 24.4. The van der Waals surface area contributed by atoms with Crippen LogP contribution in [0.5, 0.6) is 0 Å². The fourth-order valence-electron chi connectivity index (χ4n) is 4.41.